The lowest BCUT2D eigenvalue weighted by atomic mass is 9.86. The summed E-state index contributed by atoms with van der Waals surface area (Å²) < 4.78 is 5.25. The lowest BCUT2D eigenvalue weighted by molar-refractivity contribution is -0.140. The maximum atomic E-state index is 14.0. The third-order valence-corrected chi connectivity index (χ3v) is 7.28. The number of nitrogens with zero attached hydrogens (tertiary/aromatic N) is 2. The van der Waals surface area contributed by atoms with Gasteiger partial charge in [0.05, 0.1) is 12.8 Å². The number of nitrogens with one attached hydrogen (secondary N) is 2. The third kappa shape index (κ3) is 3.47. The molecular formula is C27H30N4O4. The van der Waals surface area contributed by atoms with Crippen LogP contribution in [0.5, 0.6) is 5.75 Å². The molecule has 1 saturated heterocycles. The first-order chi connectivity index (χ1) is 16.8. The van der Waals surface area contributed by atoms with Gasteiger partial charge in [0.2, 0.25) is 5.91 Å². The van der Waals surface area contributed by atoms with Gasteiger partial charge >= 0.3 is 6.03 Å². The number of hydrogen-bond donors (Lipinski definition) is 2. The summed E-state index contributed by atoms with van der Waals surface area (Å²) in [5, 5.41) is 3.99. The van der Waals surface area contributed by atoms with Crippen molar-refractivity contribution in [1.29, 1.82) is 0 Å². The Morgan fingerprint density at radius 3 is 2.69 bits per heavy atom. The average Bonchev–Trinajstić information content (AvgIpc) is 3.33. The topological polar surface area (TPSA) is 94.7 Å². The van der Waals surface area contributed by atoms with E-state index in [0.29, 0.717) is 18.7 Å². The molecule has 8 nitrogen and oxygen atoms in total. The monoisotopic (exact) mass is 474 g/mol. The summed E-state index contributed by atoms with van der Waals surface area (Å²) >= 11 is 0. The fraction of sp³-hybridized carbons (Fsp3) is 0.370. The van der Waals surface area contributed by atoms with Gasteiger partial charge in [0.1, 0.15) is 11.8 Å². The number of hydrogen-bond acceptors (Lipinski definition) is 4. The summed E-state index contributed by atoms with van der Waals surface area (Å²) in [4.78, 5) is 47.1. The molecular weight excluding hydrogens is 444 g/mol. The van der Waals surface area contributed by atoms with Gasteiger partial charge in [-0.15, -0.1) is 0 Å². The van der Waals surface area contributed by atoms with Gasteiger partial charge < -0.3 is 19.9 Å². The number of para-hydroxylation sites is 1. The first-order valence-electron chi connectivity index (χ1n) is 11.9. The Labute approximate surface area is 204 Å². The minimum absolute atomic E-state index is 0.264. The highest BCUT2D eigenvalue weighted by Crippen LogP contribution is 2.45. The second-order valence-electron chi connectivity index (χ2n) is 9.71. The van der Waals surface area contributed by atoms with Gasteiger partial charge in [-0.25, -0.2) is 9.69 Å². The van der Waals surface area contributed by atoms with Crippen LogP contribution in [0.4, 0.5) is 4.79 Å². The van der Waals surface area contributed by atoms with Crippen molar-refractivity contribution >= 4 is 28.7 Å². The molecule has 2 aromatic carbocycles. The Bertz CT molecular complexity index is 1330. The van der Waals surface area contributed by atoms with Crippen LogP contribution in [0.3, 0.4) is 0 Å². The number of urea groups is 1. The first kappa shape index (κ1) is 23.0. The number of rotatable bonds is 6. The number of amides is 4. The number of fused-ring (bicyclic) bond motifs is 5. The molecule has 35 heavy (non-hydrogen) atoms. The van der Waals surface area contributed by atoms with Crippen LogP contribution in [0.15, 0.2) is 48.5 Å². The molecule has 2 N–H and O–H groups in total. The van der Waals surface area contributed by atoms with Crippen LogP contribution in [0.2, 0.25) is 0 Å². The molecule has 182 valence electrons. The summed E-state index contributed by atoms with van der Waals surface area (Å²) in [6, 6.07) is 14.0. The number of aromatic amines is 1. The summed E-state index contributed by atoms with van der Waals surface area (Å²) in [7, 11) is 1.59. The normalized spacial score (nSPS) is 20.3. The molecule has 2 aliphatic heterocycles. The summed E-state index contributed by atoms with van der Waals surface area (Å²) in [5.41, 5.74) is 2.43. The van der Waals surface area contributed by atoms with Crippen LogP contribution >= 0.6 is 0 Å². The minimum Gasteiger partial charge on any atom is -0.497 e. The molecule has 2 aliphatic rings. The molecule has 0 saturated carbocycles. The number of carbonyl (C=O) groups excluding carboxylic acids is 3. The fourth-order valence-electron chi connectivity index (χ4n) is 5.46. The second-order valence-corrected chi connectivity index (χ2v) is 9.71. The van der Waals surface area contributed by atoms with Crippen molar-refractivity contribution in [3.8, 4) is 5.75 Å². The van der Waals surface area contributed by atoms with E-state index in [4.69, 9.17) is 4.74 Å². The van der Waals surface area contributed by atoms with Gasteiger partial charge in [0.25, 0.3) is 5.91 Å². The number of benzene rings is 2. The van der Waals surface area contributed by atoms with Crippen molar-refractivity contribution in [2.45, 2.75) is 45.3 Å². The zero-order valence-electron chi connectivity index (χ0n) is 20.4. The number of aromatic nitrogens is 1. The van der Waals surface area contributed by atoms with Gasteiger partial charge in [0.15, 0.2) is 5.54 Å². The van der Waals surface area contributed by atoms with E-state index in [1.165, 1.54) is 4.90 Å². The lowest BCUT2D eigenvalue weighted by Crippen LogP contribution is -2.53. The quantitative estimate of drug-likeness (QED) is 0.534. The molecule has 3 heterocycles. The summed E-state index contributed by atoms with van der Waals surface area (Å²) in [6.07, 6.45) is 0.649. The maximum Gasteiger partial charge on any atom is 0.328 e. The van der Waals surface area contributed by atoms with Crippen LogP contribution < -0.4 is 10.1 Å². The Hall–Kier alpha value is -3.81. The molecule has 8 heteroatoms. The molecule has 2 atom stereocenters. The molecule has 4 amide bonds. The highest BCUT2D eigenvalue weighted by molar-refractivity contribution is 6.11. The fourth-order valence-corrected chi connectivity index (χ4v) is 5.46. The number of ether oxygens (including phenoxy) is 1. The van der Waals surface area contributed by atoms with Crippen molar-refractivity contribution < 1.29 is 19.1 Å². The predicted octanol–water partition coefficient (Wildman–Crippen LogP) is 3.55. The van der Waals surface area contributed by atoms with E-state index in [1.54, 1.807) is 18.9 Å². The van der Waals surface area contributed by atoms with Gasteiger partial charge in [-0.2, -0.15) is 0 Å². The minimum atomic E-state index is -1.18. The van der Waals surface area contributed by atoms with Crippen molar-refractivity contribution in [2.75, 3.05) is 13.7 Å². The summed E-state index contributed by atoms with van der Waals surface area (Å²) in [6.45, 7) is 6.17. The molecule has 1 aromatic heterocycles. The van der Waals surface area contributed by atoms with Gasteiger partial charge in [0, 0.05) is 24.0 Å². The van der Waals surface area contributed by atoms with Crippen LogP contribution in [-0.2, 0) is 28.1 Å². The van der Waals surface area contributed by atoms with Crippen molar-refractivity contribution in [3.05, 3.63) is 65.4 Å². The molecule has 3 aromatic rings. The smallest absolute Gasteiger partial charge is 0.328 e. The van der Waals surface area contributed by atoms with E-state index in [9.17, 15) is 14.4 Å². The van der Waals surface area contributed by atoms with E-state index in [-0.39, 0.29) is 24.3 Å². The van der Waals surface area contributed by atoms with Crippen molar-refractivity contribution in [2.24, 2.45) is 5.92 Å². The van der Waals surface area contributed by atoms with Crippen LogP contribution in [0, 0.1) is 5.92 Å². The largest absolute Gasteiger partial charge is 0.497 e. The van der Waals surface area contributed by atoms with E-state index in [0.717, 1.165) is 27.7 Å². The van der Waals surface area contributed by atoms with Gasteiger partial charge in [-0.1, -0.05) is 44.2 Å². The first-order valence-corrected chi connectivity index (χ1v) is 11.9. The molecule has 0 aliphatic carbocycles. The van der Waals surface area contributed by atoms with Crippen molar-refractivity contribution in [3.63, 3.8) is 0 Å². The molecule has 0 spiro atoms. The summed E-state index contributed by atoms with van der Waals surface area (Å²) in [5.74, 6) is -0.295. The van der Waals surface area contributed by atoms with E-state index in [2.05, 4.69) is 10.3 Å². The van der Waals surface area contributed by atoms with E-state index >= 15 is 0 Å². The maximum absolute atomic E-state index is 14.0. The van der Waals surface area contributed by atoms with Crippen molar-refractivity contribution in [1.82, 2.24) is 20.1 Å². The van der Waals surface area contributed by atoms with Crippen LogP contribution in [0.25, 0.3) is 10.9 Å². The Morgan fingerprint density at radius 2 is 1.94 bits per heavy atom. The van der Waals surface area contributed by atoms with Crippen LogP contribution in [-0.4, -0.2) is 52.3 Å². The SMILES string of the molecule is COc1cccc(CNC(=O)[C@H](C(C)C)N2C(=O)N3CCc4c([nH]c5ccccc45)[C@@]3(C)C2=O)c1. The Morgan fingerprint density at radius 1 is 1.17 bits per heavy atom. The third-order valence-electron chi connectivity index (χ3n) is 7.28. The van der Waals surface area contributed by atoms with E-state index in [1.807, 2.05) is 62.4 Å². The van der Waals surface area contributed by atoms with Gasteiger partial charge in [-0.3, -0.25) is 9.59 Å². The zero-order chi connectivity index (χ0) is 24.9. The molecule has 1 fully saturated rings. The van der Waals surface area contributed by atoms with Gasteiger partial charge in [-0.05, 0) is 48.6 Å². The lowest BCUT2D eigenvalue weighted by Gasteiger charge is -2.36. The highest BCUT2D eigenvalue weighted by atomic mass is 16.5. The number of methoxy groups -OCH3 is 1. The second kappa shape index (κ2) is 8.45. The predicted molar refractivity (Wildman–Crippen MR) is 132 cm³/mol. The Kier molecular flexibility index (Phi) is 5.54. The molecule has 0 bridgehead atoms. The standard InChI is InChI=1S/C27H30N4O4/c1-16(2)22(24(32)28-15-17-8-7-9-18(14-17)35-4)31-25(33)27(3)23-20(12-13-30(27)26(31)34)19-10-5-6-11-21(19)29-23/h5-11,14,16,22,29H,12-13,15H2,1-4H3,(H,28,32)/t22-,27-/m0/s1. The van der Waals surface area contributed by atoms with E-state index < -0.39 is 17.6 Å². The molecule has 0 unspecified atom stereocenters. The number of imide groups is 1. The zero-order valence-corrected chi connectivity index (χ0v) is 20.4. The average molecular weight is 475 g/mol. The number of carbonyl (C=O) groups is 3. The van der Waals surface area contributed by atoms with Crippen LogP contribution in [0.1, 0.15) is 37.6 Å². The highest BCUT2D eigenvalue weighted by Gasteiger charge is 2.61. The number of H-pyrrole nitrogens is 1. The molecule has 5 rings (SSSR count). The molecule has 0 radical (unpaired) electrons. The Balaban J connectivity index is 1.46.